The number of rotatable bonds is 6. The van der Waals surface area contributed by atoms with E-state index in [0.29, 0.717) is 23.5 Å². The van der Waals surface area contributed by atoms with E-state index in [9.17, 15) is 14.7 Å². The number of pyridine rings is 1. The Morgan fingerprint density at radius 1 is 1.06 bits per heavy atom. The molecule has 1 saturated heterocycles. The molecule has 6 heteroatoms. The minimum Gasteiger partial charge on any atom is -0.507 e. The van der Waals surface area contributed by atoms with Crippen LogP contribution in [0.15, 0.2) is 66.5 Å². The fourth-order valence-corrected chi connectivity index (χ4v) is 4.35. The summed E-state index contributed by atoms with van der Waals surface area (Å²) in [5.41, 5.74) is 5.06. The number of amides is 1. The third kappa shape index (κ3) is 4.31. The van der Waals surface area contributed by atoms with E-state index >= 15 is 0 Å². The standard InChI is InChI=1S/C28H28N2O4/c1-5-34-23-11-10-20(14-19(23)4)26(31)24-25(21-7-6-12-29-15-21)30(28(33)27(24)32)16-22-13-17(2)8-9-18(22)3/h6-15,25,31H,5,16H2,1-4H3/b26-24-. The first-order valence-corrected chi connectivity index (χ1v) is 11.3. The third-order valence-electron chi connectivity index (χ3n) is 6.13. The van der Waals surface area contributed by atoms with Crippen molar-refractivity contribution in [2.75, 3.05) is 6.61 Å². The zero-order chi connectivity index (χ0) is 24.4. The SMILES string of the molecule is CCOc1ccc(/C(O)=C2/C(=O)C(=O)N(Cc3cc(C)ccc3C)C2c2cccnc2)cc1C. The highest BCUT2D eigenvalue weighted by molar-refractivity contribution is 6.46. The van der Waals surface area contributed by atoms with E-state index in [1.807, 2.05) is 52.0 Å². The van der Waals surface area contributed by atoms with Crippen LogP contribution in [0.1, 0.15) is 46.3 Å². The summed E-state index contributed by atoms with van der Waals surface area (Å²) >= 11 is 0. The van der Waals surface area contributed by atoms with Crippen LogP contribution in [-0.4, -0.2) is 33.3 Å². The molecular weight excluding hydrogens is 428 g/mol. The van der Waals surface area contributed by atoms with Gasteiger partial charge in [0.2, 0.25) is 0 Å². The average molecular weight is 457 g/mol. The Labute approximate surface area is 199 Å². The summed E-state index contributed by atoms with van der Waals surface area (Å²) in [6.07, 6.45) is 3.26. The Kier molecular flexibility index (Phi) is 6.50. The molecule has 1 aliphatic heterocycles. The molecular formula is C28H28N2O4. The Bertz CT molecular complexity index is 1280. The van der Waals surface area contributed by atoms with Gasteiger partial charge in [-0.05, 0) is 74.2 Å². The van der Waals surface area contributed by atoms with E-state index in [1.54, 1.807) is 36.7 Å². The largest absolute Gasteiger partial charge is 0.507 e. The third-order valence-corrected chi connectivity index (χ3v) is 6.13. The van der Waals surface area contributed by atoms with E-state index < -0.39 is 17.7 Å². The summed E-state index contributed by atoms with van der Waals surface area (Å²) in [5.74, 6) is -0.845. The van der Waals surface area contributed by atoms with Crippen LogP contribution >= 0.6 is 0 Å². The highest BCUT2D eigenvalue weighted by atomic mass is 16.5. The lowest BCUT2D eigenvalue weighted by molar-refractivity contribution is -0.140. The minimum absolute atomic E-state index is 0.0619. The first-order chi connectivity index (χ1) is 16.3. The fourth-order valence-electron chi connectivity index (χ4n) is 4.35. The Balaban J connectivity index is 1.84. The predicted octanol–water partition coefficient (Wildman–Crippen LogP) is 5.03. The summed E-state index contributed by atoms with van der Waals surface area (Å²) in [4.78, 5) is 32.2. The molecule has 0 saturated carbocycles. The number of likely N-dealkylation sites (tertiary alicyclic amines) is 1. The van der Waals surface area contributed by atoms with Gasteiger partial charge in [-0.1, -0.05) is 29.8 Å². The van der Waals surface area contributed by atoms with Crippen LogP contribution in [0.25, 0.3) is 5.76 Å². The number of carbonyl (C=O) groups is 2. The van der Waals surface area contributed by atoms with Crippen LogP contribution in [0, 0.1) is 20.8 Å². The lowest BCUT2D eigenvalue weighted by Crippen LogP contribution is -2.29. The van der Waals surface area contributed by atoms with Gasteiger partial charge >= 0.3 is 0 Å². The van der Waals surface area contributed by atoms with Crippen molar-refractivity contribution in [2.45, 2.75) is 40.3 Å². The highest BCUT2D eigenvalue weighted by Gasteiger charge is 2.46. The zero-order valence-corrected chi connectivity index (χ0v) is 19.8. The second kappa shape index (κ2) is 9.51. The van der Waals surface area contributed by atoms with Crippen LogP contribution in [0.5, 0.6) is 5.75 Å². The number of nitrogens with zero attached hydrogens (tertiary/aromatic N) is 2. The number of aryl methyl sites for hydroxylation is 3. The van der Waals surface area contributed by atoms with Crippen LogP contribution in [-0.2, 0) is 16.1 Å². The number of carbonyl (C=O) groups excluding carboxylic acids is 2. The van der Waals surface area contributed by atoms with Gasteiger partial charge in [-0.15, -0.1) is 0 Å². The molecule has 1 aromatic heterocycles. The normalized spacial score (nSPS) is 17.3. The van der Waals surface area contributed by atoms with Gasteiger partial charge in [0, 0.05) is 24.5 Å². The number of hydrogen-bond donors (Lipinski definition) is 1. The van der Waals surface area contributed by atoms with Crippen LogP contribution < -0.4 is 4.74 Å². The quantitative estimate of drug-likeness (QED) is 0.320. The molecule has 1 fully saturated rings. The van der Waals surface area contributed by atoms with Gasteiger partial charge in [-0.25, -0.2) is 0 Å². The summed E-state index contributed by atoms with van der Waals surface area (Å²) < 4.78 is 5.59. The van der Waals surface area contributed by atoms with Crippen molar-refractivity contribution in [1.82, 2.24) is 9.88 Å². The molecule has 1 N–H and O–H groups in total. The van der Waals surface area contributed by atoms with Crippen LogP contribution in [0.3, 0.4) is 0 Å². The molecule has 1 aliphatic rings. The zero-order valence-electron chi connectivity index (χ0n) is 19.8. The van der Waals surface area contributed by atoms with Gasteiger partial charge in [-0.2, -0.15) is 0 Å². The molecule has 34 heavy (non-hydrogen) atoms. The van der Waals surface area contributed by atoms with E-state index in [-0.39, 0.29) is 17.9 Å². The molecule has 0 spiro atoms. The molecule has 4 rings (SSSR count). The topological polar surface area (TPSA) is 79.7 Å². The number of Topliss-reactive ketones (excluding diaryl/α,β-unsaturated/α-hetero) is 1. The monoisotopic (exact) mass is 456 g/mol. The van der Waals surface area contributed by atoms with Crippen molar-refractivity contribution in [1.29, 1.82) is 0 Å². The second-order valence-electron chi connectivity index (χ2n) is 8.56. The number of aromatic nitrogens is 1. The molecule has 2 aromatic carbocycles. The molecule has 6 nitrogen and oxygen atoms in total. The van der Waals surface area contributed by atoms with Gasteiger partial charge in [0.15, 0.2) is 0 Å². The molecule has 1 atom stereocenters. The smallest absolute Gasteiger partial charge is 0.295 e. The Hall–Kier alpha value is -3.93. The second-order valence-corrected chi connectivity index (χ2v) is 8.56. The number of aliphatic hydroxyl groups excluding tert-OH is 1. The van der Waals surface area contributed by atoms with Crippen molar-refractivity contribution in [3.63, 3.8) is 0 Å². The van der Waals surface area contributed by atoms with Crippen molar-refractivity contribution in [3.8, 4) is 5.75 Å². The Morgan fingerprint density at radius 2 is 1.85 bits per heavy atom. The first kappa shape index (κ1) is 23.2. The van der Waals surface area contributed by atoms with Crippen molar-refractivity contribution in [3.05, 3.63) is 99.9 Å². The van der Waals surface area contributed by atoms with Gasteiger partial charge in [0.25, 0.3) is 11.7 Å². The van der Waals surface area contributed by atoms with E-state index in [0.717, 1.165) is 22.3 Å². The predicted molar refractivity (Wildman–Crippen MR) is 130 cm³/mol. The number of ketones is 1. The van der Waals surface area contributed by atoms with Crippen molar-refractivity contribution >= 4 is 17.4 Å². The lowest BCUT2D eigenvalue weighted by atomic mass is 9.95. The van der Waals surface area contributed by atoms with E-state index in [4.69, 9.17) is 4.74 Å². The molecule has 174 valence electrons. The van der Waals surface area contributed by atoms with Crippen molar-refractivity contribution < 1.29 is 19.4 Å². The number of benzene rings is 2. The summed E-state index contributed by atoms with van der Waals surface area (Å²) in [7, 11) is 0. The van der Waals surface area contributed by atoms with Crippen molar-refractivity contribution in [2.24, 2.45) is 0 Å². The first-order valence-electron chi connectivity index (χ1n) is 11.3. The molecule has 3 aromatic rings. The van der Waals surface area contributed by atoms with E-state index in [1.165, 1.54) is 4.90 Å². The number of aliphatic hydroxyl groups is 1. The highest BCUT2D eigenvalue weighted by Crippen LogP contribution is 2.40. The fraction of sp³-hybridized carbons (Fsp3) is 0.250. The van der Waals surface area contributed by atoms with Gasteiger partial charge in [-0.3, -0.25) is 14.6 Å². The molecule has 1 amide bonds. The summed E-state index contributed by atoms with van der Waals surface area (Å²) in [6, 6.07) is 14.1. The van der Waals surface area contributed by atoms with Gasteiger partial charge in [0.05, 0.1) is 18.2 Å². The summed E-state index contributed by atoms with van der Waals surface area (Å²) in [6.45, 7) is 8.52. The van der Waals surface area contributed by atoms with Gasteiger partial charge < -0.3 is 14.7 Å². The number of ether oxygens (including phenoxy) is 1. The maximum atomic E-state index is 13.3. The summed E-state index contributed by atoms with van der Waals surface area (Å²) in [5, 5.41) is 11.3. The molecule has 1 unspecified atom stereocenters. The maximum absolute atomic E-state index is 13.3. The molecule has 0 bridgehead atoms. The molecule has 0 aliphatic carbocycles. The maximum Gasteiger partial charge on any atom is 0.295 e. The van der Waals surface area contributed by atoms with Gasteiger partial charge in [0.1, 0.15) is 11.5 Å². The minimum atomic E-state index is -0.750. The molecule has 2 heterocycles. The van der Waals surface area contributed by atoms with Crippen LogP contribution in [0.4, 0.5) is 0 Å². The lowest BCUT2D eigenvalue weighted by Gasteiger charge is -2.26. The average Bonchev–Trinajstić information content (AvgIpc) is 3.08. The van der Waals surface area contributed by atoms with E-state index in [2.05, 4.69) is 4.98 Å². The molecule has 0 radical (unpaired) electrons. The van der Waals surface area contributed by atoms with Crippen LogP contribution in [0.2, 0.25) is 0 Å². The Morgan fingerprint density at radius 3 is 2.53 bits per heavy atom. The number of hydrogen-bond acceptors (Lipinski definition) is 5.